The van der Waals surface area contributed by atoms with Crippen molar-refractivity contribution in [3.05, 3.63) is 289 Å². The van der Waals surface area contributed by atoms with E-state index >= 15 is 0 Å². The van der Waals surface area contributed by atoms with Crippen LogP contribution in [0, 0.1) is 0 Å². The van der Waals surface area contributed by atoms with Crippen LogP contribution in [-0.4, -0.2) is 0 Å². The molecule has 0 saturated carbocycles. The normalized spacial score (nSPS) is 14.1. The molecule has 2 heterocycles. The standard InChI is InChI=1S/C76H56N2/c1-75(2)65-27-9-13-31-69(65)77(70-32-14-10-28-66(70)75)59-39-41-61-63(47-59)73(57-25-17-23-53(45-57)55-37-35-49-19-5-7-21-51(49)43-55)62-42-40-60(78-71-33-15-11-29-67(71)76(3,4)68-30-12-16-34-72(68)78)48-64(62)74(61)58-26-18-24-54(46-58)56-38-36-50-20-6-8-22-52(50)44-56/h5-48H,1-4H3. The number of fused-ring (bicyclic) bond motifs is 8. The molecule has 0 amide bonds. The van der Waals surface area contributed by atoms with Crippen LogP contribution in [-0.2, 0) is 10.8 Å². The second kappa shape index (κ2) is 17.5. The summed E-state index contributed by atoms with van der Waals surface area (Å²) in [7, 11) is 0. The van der Waals surface area contributed by atoms with E-state index in [0.29, 0.717) is 0 Å². The number of para-hydroxylation sites is 4. The lowest BCUT2D eigenvalue weighted by molar-refractivity contribution is 0.632. The zero-order valence-electron chi connectivity index (χ0n) is 44.3. The first-order valence-electron chi connectivity index (χ1n) is 27.4. The molecule has 2 aliphatic heterocycles. The van der Waals surface area contributed by atoms with Gasteiger partial charge in [-0.25, -0.2) is 0 Å². The number of anilines is 6. The monoisotopic (exact) mass is 996 g/mol. The summed E-state index contributed by atoms with van der Waals surface area (Å²) in [6, 6.07) is 100. The zero-order chi connectivity index (χ0) is 52.3. The van der Waals surface area contributed by atoms with Crippen molar-refractivity contribution in [1.82, 2.24) is 0 Å². The van der Waals surface area contributed by atoms with Crippen LogP contribution >= 0.6 is 0 Å². The Morgan fingerprint density at radius 2 is 0.551 bits per heavy atom. The van der Waals surface area contributed by atoms with Gasteiger partial charge in [0, 0.05) is 22.2 Å². The van der Waals surface area contributed by atoms with Crippen LogP contribution in [0.4, 0.5) is 34.1 Å². The van der Waals surface area contributed by atoms with Crippen LogP contribution in [0.25, 0.3) is 87.6 Å². The summed E-state index contributed by atoms with van der Waals surface area (Å²) in [5, 5.41) is 9.75. The van der Waals surface area contributed by atoms with E-state index in [4.69, 9.17) is 0 Å². The minimum atomic E-state index is -0.183. The van der Waals surface area contributed by atoms with Gasteiger partial charge in [0.1, 0.15) is 0 Å². The fourth-order valence-corrected chi connectivity index (χ4v) is 13.4. The summed E-state index contributed by atoms with van der Waals surface area (Å²) >= 11 is 0. The van der Waals surface area contributed by atoms with E-state index in [9.17, 15) is 0 Å². The Bertz CT molecular complexity index is 4200. The Morgan fingerprint density at radius 3 is 0.936 bits per heavy atom. The van der Waals surface area contributed by atoms with Gasteiger partial charge < -0.3 is 9.80 Å². The summed E-state index contributed by atoms with van der Waals surface area (Å²) in [4.78, 5) is 5.01. The van der Waals surface area contributed by atoms with Gasteiger partial charge in [0.15, 0.2) is 0 Å². The lowest BCUT2D eigenvalue weighted by Crippen LogP contribution is -2.30. The molecule has 370 valence electrons. The predicted molar refractivity (Wildman–Crippen MR) is 332 cm³/mol. The molecule has 0 spiro atoms. The van der Waals surface area contributed by atoms with Crippen LogP contribution in [0.5, 0.6) is 0 Å². The summed E-state index contributed by atoms with van der Waals surface area (Å²) in [6.07, 6.45) is 0. The maximum atomic E-state index is 2.50. The lowest BCUT2D eigenvalue weighted by atomic mass is 9.73. The first-order valence-corrected chi connectivity index (χ1v) is 27.4. The van der Waals surface area contributed by atoms with Crippen LogP contribution in [0.15, 0.2) is 267 Å². The second-order valence-electron chi connectivity index (χ2n) is 22.5. The van der Waals surface area contributed by atoms with Gasteiger partial charge >= 0.3 is 0 Å². The second-order valence-corrected chi connectivity index (χ2v) is 22.5. The highest BCUT2D eigenvalue weighted by atomic mass is 15.2. The van der Waals surface area contributed by atoms with Crippen molar-refractivity contribution in [2.24, 2.45) is 0 Å². The molecule has 0 atom stereocenters. The van der Waals surface area contributed by atoms with Gasteiger partial charge in [-0.15, -0.1) is 0 Å². The molecule has 0 aromatic heterocycles. The first kappa shape index (κ1) is 45.9. The average molecular weight is 997 g/mol. The SMILES string of the molecule is CC1(C)c2ccccc2N(c2ccc3c(-c4cccc(-c5ccc6ccccc6c5)c4)c4cc(N5c6ccccc6C(C)(C)c6ccccc65)ccc4c(-c4cccc(-c5ccc6ccccc6c5)c4)c3c2)c2ccccc21. The highest BCUT2D eigenvalue weighted by molar-refractivity contribution is 6.23. The zero-order valence-corrected chi connectivity index (χ0v) is 44.3. The van der Waals surface area contributed by atoms with E-state index in [1.807, 2.05) is 0 Å². The Kier molecular flexibility index (Phi) is 10.3. The molecule has 78 heavy (non-hydrogen) atoms. The molecule has 0 unspecified atom stereocenters. The van der Waals surface area contributed by atoms with Crippen molar-refractivity contribution >= 4 is 77.2 Å². The van der Waals surface area contributed by atoms with E-state index in [1.165, 1.54) is 133 Å². The Balaban J connectivity index is 1.04. The van der Waals surface area contributed by atoms with Crippen molar-refractivity contribution in [3.8, 4) is 44.5 Å². The molecule has 2 heteroatoms. The van der Waals surface area contributed by atoms with E-state index < -0.39 is 0 Å². The highest BCUT2D eigenvalue weighted by Gasteiger charge is 2.38. The topological polar surface area (TPSA) is 6.48 Å². The quantitative estimate of drug-likeness (QED) is 0.153. The Labute approximate surface area is 456 Å². The number of nitrogens with zero attached hydrogens (tertiary/aromatic N) is 2. The Hall–Kier alpha value is -9.50. The average Bonchev–Trinajstić information content (AvgIpc) is 3.49. The Morgan fingerprint density at radius 1 is 0.231 bits per heavy atom. The predicted octanol–water partition coefficient (Wildman–Crippen LogP) is 21.2. The molecule has 0 saturated heterocycles. The van der Waals surface area contributed by atoms with Gasteiger partial charge in [-0.3, -0.25) is 0 Å². The molecule has 2 nitrogen and oxygen atoms in total. The van der Waals surface area contributed by atoms with Crippen molar-refractivity contribution in [2.75, 3.05) is 9.80 Å². The molecule has 0 aliphatic carbocycles. The molecular formula is C76H56N2. The summed E-state index contributed by atoms with van der Waals surface area (Å²) < 4.78 is 0. The van der Waals surface area contributed by atoms with Crippen molar-refractivity contribution in [1.29, 1.82) is 0 Å². The highest BCUT2D eigenvalue weighted by Crippen LogP contribution is 2.56. The maximum absolute atomic E-state index is 2.50. The molecule has 13 aromatic carbocycles. The van der Waals surface area contributed by atoms with Gasteiger partial charge in [0.25, 0.3) is 0 Å². The fraction of sp³-hybridized carbons (Fsp3) is 0.0789. The van der Waals surface area contributed by atoms with Gasteiger partial charge in [-0.05, 0) is 183 Å². The van der Waals surface area contributed by atoms with Crippen molar-refractivity contribution < 1.29 is 0 Å². The molecule has 13 aromatic rings. The van der Waals surface area contributed by atoms with Crippen LogP contribution in [0.2, 0.25) is 0 Å². The van der Waals surface area contributed by atoms with Crippen molar-refractivity contribution in [3.63, 3.8) is 0 Å². The van der Waals surface area contributed by atoms with E-state index in [-0.39, 0.29) is 10.8 Å². The van der Waals surface area contributed by atoms with E-state index in [1.54, 1.807) is 0 Å². The third-order valence-corrected chi connectivity index (χ3v) is 17.3. The molecule has 0 bridgehead atoms. The van der Waals surface area contributed by atoms with E-state index in [2.05, 4.69) is 304 Å². The number of benzene rings is 13. The third-order valence-electron chi connectivity index (χ3n) is 17.3. The largest absolute Gasteiger partial charge is 0.310 e. The van der Waals surface area contributed by atoms with Gasteiger partial charge in [-0.2, -0.15) is 0 Å². The molecule has 15 rings (SSSR count). The van der Waals surface area contributed by atoms with Crippen LogP contribution in [0.1, 0.15) is 49.9 Å². The fourth-order valence-electron chi connectivity index (χ4n) is 13.4. The van der Waals surface area contributed by atoms with E-state index in [0.717, 1.165) is 11.4 Å². The molecule has 0 radical (unpaired) electrons. The van der Waals surface area contributed by atoms with Gasteiger partial charge in [0.2, 0.25) is 0 Å². The molecule has 0 N–H and O–H groups in total. The van der Waals surface area contributed by atoms with Gasteiger partial charge in [-0.1, -0.05) is 222 Å². The third kappa shape index (κ3) is 7.10. The number of hydrogen-bond acceptors (Lipinski definition) is 2. The molecule has 2 aliphatic rings. The number of rotatable bonds is 6. The summed E-state index contributed by atoms with van der Waals surface area (Å²) in [5.41, 5.74) is 21.5. The van der Waals surface area contributed by atoms with Gasteiger partial charge in [0.05, 0.1) is 22.7 Å². The van der Waals surface area contributed by atoms with Crippen LogP contribution in [0.3, 0.4) is 0 Å². The minimum Gasteiger partial charge on any atom is -0.310 e. The minimum absolute atomic E-state index is 0.183. The smallest absolute Gasteiger partial charge is 0.0502 e. The maximum Gasteiger partial charge on any atom is 0.0502 e. The molecule has 0 fully saturated rings. The number of hydrogen-bond donors (Lipinski definition) is 0. The lowest BCUT2D eigenvalue weighted by Gasteiger charge is -2.42. The van der Waals surface area contributed by atoms with Crippen molar-refractivity contribution in [2.45, 2.75) is 38.5 Å². The molecular weight excluding hydrogens is 941 g/mol. The summed E-state index contributed by atoms with van der Waals surface area (Å²) in [6.45, 7) is 9.46. The van der Waals surface area contributed by atoms with Crippen LogP contribution < -0.4 is 9.80 Å². The first-order chi connectivity index (χ1) is 38.2. The summed E-state index contributed by atoms with van der Waals surface area (Å²) in [5.74, 6) is 0.